The lowest BCUT2D eigenvalue weighted by atomic mass is 9.79. The molecule has 4 heteroatoms. The number of nitrogens with two attached hydrogens (primary N) is 1. The fraction of sp³-hybridized carbons (Fsp3) is 0.917. The van der Waals surface area contributed by atoms with Crippen molar-refractivity contribution in [3.05, 3.63) is 0 Å². The van der Waals surface area contributed by atoms with E-state index in [-0.39, 0.29) is 11.8 Å². The van der Waals surface area contributed by atoms with Gasteiger partial charge in [-0.1, -0.05) is 12.8 Å². The first kappa shape index (κ1) is 13.5. The topological polar surface area (TPSA) is 64.3 Å². The SMILES string of the molecule is COCCCNC(=O)C1CCCCC1CN. The lowest BCUT2D eigenvalue weighted by Gasteiger charge is -2.29. The molecule has 2 atom stereocenters. The van der Waals surface area contributed by atoms with Crippen molar-refractivity contribution in [1.29, 1.82) is 0 Å². The number of amides is 1. The Bertz CT molecular complexity index is 209. The summed E-state index contributed by atoms with van der Waals surface area (Å²) < 4.78 is 4.94. The van der Waals surface area contributed by atoms with Crippen molar-refractivity contribution in [1.82, 2.24) is 5.32 Å². The molecule has 0 aromatic heterocycles. The summed E-state index contributed by atoms with van der Waals surface area (Å²) in [5, 5.41) is 2.98. The Balaban J connectivity index is 2.27. The summed E-state index contributed by atoms with van der Waals surface area (Å²) in [4.78, 5) is 11.9. The molecule has 1 aliphatic carbocycles. The van der Waals surface area contributed by atoms with E-state index in [4.69, 9.17) is 10.5 Å². The molecule has 0 radical (unpaired) electrons. The maximum absolute atomic E-state index is 11.9. The monoisotopic (exact) mass is 228 g/mol. The number of ether oxygens (including phenoxy) is 1. The van der Waals surface area contributed by atoms with Crippen LogP contribution in [-0.4, -0.2) is 32.7 Å². The number of carbonyl (C=O) groups excluding carboxylic acids is 1. The van der Waals surface area contributed by atoms with E-state index in [1.165, 1.54) is 6.42 Å². The van der Waals surface area contributed by atoms with Crippen molar-refractivity contribution in [3.63, 3.8) is 0 Å². The van der Waals surface area contributed by atoms with Crippen molar-refractivity contribution in [3.8, 4) is 0 Å². The molecular weight excluding hydrogens is 204 g/mol. The first-order chi connectivity index (χ1) is 7.79. The van der Waals surface area contributed by atoms with Crippen LogP contribution in [0.5, 0.6) is 0 Å². The van der Waals surface area contributed by atoms with Gasteiger partial charge >= 0.3 is 0 Å². The zero-order valence-electron chi connectivity index (χ0n) is 10.2. The summed E-state index contributed by atoms with van der Waals surface area (Å²) in [5.74, 6) is 0.712. The molecule has 1 fully saturated rings. The van der Waals surface area contributed by atoms with Crippen LogP contribution >= 0.6 is 0 Å². The van der Waals surface area contributed by atoms with Crippen molar-refractivity contribution in [2.24, 2.45) is 17.6 Å². The molecule has 4 nitrogen and oxygen atoms in total. The number of hydrogen-bond donors (Lipinski definition) is 2. The second kappa shape index (κ2) is 7.63. The van der Waals surface area contributed by atoms with Gasteiger partial charge in [0.2, 0.25) is 5.91 Å². The van der Waals surface area contributed by atoms with E-state index in [0.29, 0.717) is 25.6 Å². The molecule has 1 amide bonds. The third kappa shape index (κ3) is 4.10. The smallest absolute Gasteiger partial charge is 0.223 e. The van der Waals surface area contributed by atoms with Crippen molar-refractivity contribution in [2.45, 2.75) is 32.1 Å². The molecule has 94 valence electrons. The van der Waals surface area contributed by atoms with E-state index in [0.717, 1.165) is 25.7 Å². The third-order valence-corrected chi connectivity index (χ3v) is 3.37. The molecule has 1 saturated carbocycles. The lowest BCUT2D eigenvalue weighted by molar-refractivity contribution is -0.127. The molecule has 2 unspecified atom stereocenters. The number of nitrogens with one attached hydrogen (secondary N) is 1. The lowest BCUT2D eigenvalue weighted by Crippen LogP contribution is -2.39. The van der Waals surface area contributed by atoms with E-state index in [9.17, 15) is 4.79 Å². The van der Waals surface area contributed by atoms with Gasteiger partial charge < -0.3 is 15.8 Å². The molecule has 0 aromatic rings. The Morgan fingerprint density at radius 1 is 1.44 bits per heavy atom. The van der Waals surface area contributed by atoms with E-state index in [1.807, 2.05) is 0 Å². The first-order valence-corrected chi connectivity index (χ1v) is 6.26. The van der Waals surface area contributed by atoms with Crippen LogP contribution in [0.2, 0.25) is 0 Å². The van der Waals surface area contributed by atoms with Crippen molar-refractivity contribution < 1.29 is 9.53 Å². The minimum absolute atomic E-state index is 0.140. The van der Waals surface area contributed by atoms with Gasteiger partial charge in [0.15, 0.2) is 0 Å². The summed E-state index contributed by atoms with van der Waals surface area (Å²) >= 11 is 0. The number of methoxy groups -OCH3 is 1. The standard InChI is InChI=1S/C12H24N2O2/c1-16-8-4-7-14-12(15)11-6-3-2-5-10(11)9-13/h10-11H,2-9,13H2,1H3,(H,14,15). The van der Waals surface area contributed by atoms with Gasteiger partial charge in [0, 0.05) is 26.2 Å². The van der Waals surface area contributed by atoms with E-state index >= 15 is 0 Å². The first-order valence-electron chi connectivity index (χ1n) is 6.26. The van der Waals surface area contributed by atoms with Crippen LogP contribution in [0.25, 0.3) is 0 Å². The molecule has 1 rings (SSSR count). The highest BCUT2D eigenvalue weighted by Gasteiger charge is 2.29. The van der Waals surface area contributed by atoms with Crippen LogP contribution in [0.4, 0.5) is 0 Å². The highest BCUT2D eigenvalue weighted by Crippen LogP contribution is 2.29. The minimum atomic E-state index is 0.140. The maximum atomic E-state index is 11.9. The molecule has 0 spiro atoms. The molecule has 3 N–H and O–H groups in total. The molecule has 0 aliphatic heterocycles. The Labute approximate surface area is 97.9 Å². The van der Waals surface area contributed by atoms with Gasteiger partial charge in [-0.15, -0.1) is 0 Å². The summed E-state index contributed by atoms with van der Waals surface area (Å²) in [7, 11) is 1.67. The minimum Gasteiger partial charge on any atom is -0.385 e. The summed E-state index contributed by atoms with van der Waals surface area (Å²) in [6.07, 6.45) is 5.36. The average molecular weight is 228 g/mol. The molecule has 0 saturated heterocycles. The molecule has 0 heterocycles. The zero-order chi connectivity index (χ0) is 11.8. The van der Waals surface area contributed by atoms with Crippen molar-refractivity contribution in [2.75, 3.05) is 26.8 Å². The molecule has 0 bridgehead atoms. The third-order valence-electron chi connectivity index (χ3n) is 3.37. The van der Waals surface area contributed by atoms with E-state index in [1.54, 1.807) is 7.11 Å². The van der Waals surface area contributed by atoms with Gasteiger partial charge in [0.25, 0.3) is 0 Å². The van der Waals surface area contributed by atoms with Crippen LogP contribution in [-0.2, 0) is 9.53 Å². The summed E-state index contributed by atoms with van der Waals surface area (Å²) in [6, 6.07) is 0. The Morgan fingerprint density at radius 3 is 2.88 bits per heavy atom. The summed E-state index contributed by atoms with van der Waals surface area (Å²) in [6.45, 7) is 2.04. The predicted octanol–water partition coefficient (Wildman–Crippen LogP) is 0.904. The van der Waals surface area contributed by atoms with Gasteiger partial charge in [-0.25, -0.2) is 0 Å². The van der Waals surface area contributed by atoms with Crippen molar-refractivity contribution >= 4 is 5.91 Å². The van der Waals surface area contributed by atoms with Gasteiger partial charge in [-0.3, -0.25) is 4.79 Å². The Morgan fingerprint density at radius 2 is 2.19 bits per heavy atom. The second-order valence-electron chi connectivity index (χ2n) is 4.52. The van der Waals surface area contributed by atoms with Crippen LogP contribution in [0, 0.1) is 11.8 Å². The van der Waals surface area contributed by atoms with Crippen LogP contribution < -0.4 is 11.1 Å². The number of rotatable bonds is 6. The van der Waals surface area contributed by atoms with Crippen LogP contribution in [0.3, 0.4) is 0 Å². The average Bonchev–Trinajstić information content (AvgIpc) is 2.34. The van der Waals surface area contributed by atoms with E-state index in [2.05, 4.69) is 5.32 Å². The van der Waals surface area contributed by atoms with Crippen LogP contribution in [0.1, 0.15) is 32.1 Å². The summed E-state index contributed by atoms with van der Waals surface area (Å²) in [5.41, 5.74) is 5.71. The Kier molecular flexibility index (Phi) is 6.42. The number of hydrogen-bond acceptors (Lipinski definition) is 3. The highest BCUT2D eigenvalue weighted by atomic mass is 16.5. The maximum Gasteiger partial charge on any atom is 0.223 e. The fourth-order valence-corrected chi connectivity index (χ4v) is 2.39. The second-order valence-corrected chi connectivity index (χ2v) is 4.52. The largest absolute Gasteiger partial charge is 0.385 e. The number of carbonyl (C=O) groups is 1. The van der Waals surface area contributed by atoms with Crippen LogP contribution in [0.15, 0.2) is 0 Å². The molecule has 0 aromatic carbocycles. The van der Waals surface area contributed by atoms with Gasteiger partial charge in [-0.05, 0) is 31.7 Å². The van der Waals surface area contributed by atoms with Gasteiger partial charge in [-0.2, -0.15) is 0 Å². The van der Waals surface area contributed by atoms with E-state index < -0.39 is 0 Å². The predicted molar refractivity (Wildman–Crippen MR) is 64.0 cm³/mol. The van der Waals surface area contributed by atoms with Gasteiger partial charge in [0.1, 0.15) is 0 Å². The fourth-order valence-electron chi connectivity index (χ4n) is 2.39. The van der Waals surface area contributed by atoms with Gasteiger partial charge in [0.05, 0.1) is 0 Å². The normalized spacial score (nSPS) is 25.4. The quantitative estimate of drug-likeness (QED) is 0.664. The molecular formula is C12H24N2O2. The zero-order valence-corrected chi connectivity index (χ0v) is 10.2. The Hall–Kier alpha value is -0.610. The molecule has 16 heavy (non-hydrogen) atoms. The molecule has 1 aliphatic rings. The highest BCUT2D eigenvalue weighted by molar-refractivity contribution is 5.79.